The molecular formula is C27H31ClF2N4O4. The highest BCUT2D eigenvalue weighted by Crippen LogP contribution is 2.38. The number of hydrogen-bond acceptors (Lipinski definition) is 6. The molecule has 1 saturated carbocycles. The molecule has 0 radical (unpaired) electrons. The first-order chi connectivity index (χ1) is 18.1. The van der Waals surface area contributed by atoms with Gasteiger partial charge < -0.3 is 20.5 Å². The van der Waals surface area contributed by atoms with Crippen LogP contribution >= 0.6 is 11.6 Å². The zero-order valence-electron chi connectivity index (χ0n) is 21.2. The van der Waals surface area contributed by atoms with Gasteiger partial charge in [0, 0.05) is 31.6 Å². The number of rotatable bonds is 8. The van der Waals surface area contributed by atoms with Gasteiger partial charge in [-0.3, -0.25) is 15.1 Å². The molecule has 8 nitrogen and oxygen atoms in total. The van der Waals surface area contributed by atoms with Crippen molar-refractivity contribution >= 4 is 35.5 Å². The van der Waals surface area contributed by atoms with E-state index in [9.17, 15) is 23.5 Å². The van der Waals surface area contributed by atoms with Crippen molar-refractivity contribution in [2.45, 2.75) is 44.9 Å². The van der Waals surface area contributed by atoms with E-state index in [4.69, 9.17) is 22.1 Å². The summed E-state index contributed by atoms with van der Waals surface area (Å²) in [5, 5.41) is 12.5. The van der Waals surface area contributed by atoms with E-state index in [-0.39, 0.29) is 34.8 Å². The summed E-state index contributed by atoms with van der Waals surface area (Å²) in [5.74, 6) is -0.500. The number of nitrogens with two attached hydrogens (primary N) is 1. The monoisotopic (exact) mass is 548 g/mol. The number of halogens is 3. The third kappa shape index (κ3) is 8.00. The molecule has 2 aliphatic rings. The second-order valence-corrected chi connectivity index (χ2v) is 9.63. The van der Waals surface area contributed by atoms with E-state index in [1.807, 2.05) is 0 Å². The largest absolute Gasteiger partial charge is 0.441 e. The van der Waals surface area contributed by atoms with Crippen LogP contribution in [-0.2, 0) is 9.53 Å². The predicted octanol–water partition coefficient (Wildman–Crippen LogP) is 5.48. The van der Waals surface area contributed by atoms with Gasteiger partial charge >= 0.3 is 6.09 Å². The lowest BCUT2D eigenvalue weighted by Gasteiger charge is -2.27. The summed E-state index contributed by atoms with van der Waals surface area (Å²) in [6, 6.07) is 7.97. The van der Waals surface area contributed by atoms with Gasteiger partial charge in [0.15, 0.2) is 12.0 Å². The van der Waals surface area contributed by atoms with Gasteiger partial charge in [0.2, 0.25) is 0 Å². The number of hydrogen-bond donors (Lipinski definition) is 3. The van der Waals surface area contributed by atoms with Crippen molar-refractivity contribution in [3.8, 4) is 0 Å². The molecule has 1 fully saturated rings. The van der Waals surface area contributed by atoms with Crippen molar-refractivity contribution in [1.82, 2.24) is 4.90 Å². The highest BCUT2D eigenvalue weighted by atomic mass is 35.5. The van der Waals surface area contributed by atoms with E-state index in [1.54, 1.807) is 0 Å². The summed E-state index contributed by atoms with van der Waals surface area (Å²) in [6.45, 7) is 2.52. The van der Waals surface area contributed by atoms with E-state index < -0.39 is 36.0 Å². The first kappa shape index (κ1) is 29.1. The average Bonchev–Trinajstić information content (AvgIpc) is 3.68. The van der Waals surface area contributed by atoms with Gasteiger partial charge in [-0.05, 0) is 43.0 Å². The molecule has 0 bridgehead atoms. The Kier molecular flexibility index (Phi) is 10.2. The third-order valence-corrected chi connectivity index (χ3v) is 6.35. The van der Waals surface area contributed by atoms with Gasteiger partial charge in [0.05, 0.1) is 21.8 Å². The van der Waals surface area contributed by atoms with E-state index in [1.165, 1.54) is 61.2 Å². The van der Waals surface area contributed by atoms with Crippen LogP contribution in [0.15, 0.2) is 53.2 Å². The van der Waals surface area contributed by atoms with Crippen LogP contribution in [0.4, 0.5) is 19.3 Å². The van der Waals surface area contributed by atoms with Crippen LogP contribution in [-0.4, -0.2) is 41.8 Å². The Morgan fingerprint density at radius 1 is 1.29 bits per heavy atom. The minimum atomic E-state index is -1.30. The summed E-state index contributed by atoms with van der Waals surface area (Å²) in [5.41, 5.74) is 6.37. The van der Waals surface area contributed by atoms with Crippen molar-refractivity contribution in [2.75, 3.05) is 18.9 Å². The summed E-state index contributed by atoms with van der Waals surface area (Å²) >= 11 is 5.86. The van der Waals surface area contributed by atoms with Crippen LogP contribution in [0.1, 0.15) is 56.1 Å². The molecule has 11 heteroatoms. The minimum Gasteiger partial charge on any atom is -0.441 e. The molecule has 1 aliphatic heterocycles. The van der Waals surface area contributed by atoms with Crippen LogP contribution in [0.2, 0.25) is 5.02 Å². The number of fused-ring (bicyclic) bond motifs is 1. The van der Waals surface area contributed by atoms with Gasteiger partial charge in [-0.1, -0.05) is 43.5 Å². The number of amides is 2. The van der Waals surface area contributed by atoms with Gasteiger partial charge in [-0.2, -0.15) is 0 Å². The Labute approximate surface area is 225 Å². The van der Waals surface area contributed by atoms with E-state index >= 15 is 0 Å². The molecule has 2 aromatic carbocycles. The summed E-state index contributed by atoms with van der Waals surface area (Å²) in [6.07, 6.45) is 2.92. The Balaban J connectivity index is 0.000000912. The molecule has 4 rings (SSSR count). The minimum absolute atomic E-state index is 0.0279. The number of ether oxygens (including phenoxy) is 1. The van der Waals surface area contributed by atoms with Crippen LogP contribution in [0, 0.1) is 17.6 Å². The second-order valence-electron chi connectivity index (χ2n) is 9.22. The van der Waals surface area contributed by atoms with Crippen LogP contribution < -0.4 is 11.1 Å². The first-order valence-corrected chi connectivity index (χ1v) is 12.6. The van der Waals surface area contributed by atoms with Crippen molar-refractivity contribution in [1.29, 1.82) is 0 Å². The lowest BCUT2D eigenvalue weighted by Crippen LogP contribution is -2.31. The summed E-state index contributed by atoms with van der Waals surface area (Å²) in [7, 11) is 1.54. The van der Waals surface area contributed by atoms with Crippen molar-refractivity contribution in [3.05, 3.63) is 76.0 Å². The predicted molar refractivity (Wildman–Crippen MR) is 142 cm³/mol. The number of carbonyl (C=O) groups excluding carboxylic acids is 2. The van der Waals surface area contributed by atoms with Gasteiger partial charge in [0.25, 0.3) is 5.91 Å². The molecule has 0 aromatic heterocycles. The van der Waals surface area contributed by atoms with Crippen molar-refractivity contribution in [3.63, 3.8) is 0 Å². The zero-order valence-corrected chi connectivity index (χ0v) is 21.9. The number of aliphatic imine (C=N–C) groups is 1. The van der Waals surface area contributed by atoms with Crippen LogP contribution in [0.5, 0.6) is 0 Å². The van der Waals surface area contributed by atoms with E-state index in [0.717, 1.165) is 18.3 Å². The molecule has 0 saturated heterocycles. The van der Waals surface area contributed by atoms with Crippen LogP contribution in [0.25, 0.3) is 0 Å². The van der Waals surface area contributed by atoms with Crippen molar-refractivity contribution in [2.24, 2.45) is 16.6 Å². The molecule has 2 aromatic rings. The standard InChI is InChI=1S/C23H23ClF2N4O4.C4H8/c1-30(22(32)14(11-27)12-28-21(31)13-4-6-15(25)7-5-13)10-2-3-18-19-17(29-23(33)34-18)9-8-16(24)20(19)26;1-4-2-3-4/h4-9,11-12,18,21,31H,2-3,10,27H2,1H3,(H,29,33);4H,2-3H2,1H3/b14-11+,28-12+;. The van der Waals surface area contributed by atoms with Crippen LogP contribution in [0.3, 0.4) is 0 Å². The number of aliphatic hydroxyl groups is 1. The quantitative estimate of drug-likeness (QED) is 0.298. The molecule has 2 amide bonds. The van der Waals surface area contributed by atoms with E-state index in [0.29, 0.717) is 12.0 Å². The molecule has 4 N–H and O–H groups in total. The second kappa shape index (κ2) is 13.3. The zero-order chi connectivity index (χ0) is 27.8. The fourth-order valence-corrected chi connectivity index (χ4v) is 3.73. The molecule has 1 heterocycles. The van der Waals surface area contributed by atoms with Gasteiger partial charge in [-0.25, -0.2) is 13.6 Å². The number of anilines is 1. The Hall–Kier alpha value is -3.50. The lowest BCUT2D eigenvalue weighted by molar-refractivity contribution is -0.125. The Morgan fingerprint density at radius 3 is 2.55 bits per heavy atom. The van der Waals surface area contributed by atoms with E-state index in [2.05, 4.69) is 17.2 Å². The molecule has 2 unspecified atom stereocenters. The number of benzene rings is 2. The number of carbonyl (C=O) groups is 2. The number of cyclic esters (lactones) is 1. The molecule has 1 aliphatic carbocycles. The number of aliphatic hydroxyl groups excluding tert-OH is 1. The fraction of sp³-hybridized carbons (Fsp3) is 0.370. The molecule has 204 valence electrons. The normalized spacial score (nSPS) is 17.6. The fourth-order valence-electron chi connectivity index (χ4n) is 3.56. The average molecular weight is 549 g/mol. The molecule has 38 heavy (non-hydrogen) atoms. The maximum atomic E-state index is 14.5. The Morgan fingerprint density at radius 2 is 1.95 bits per heavy atom. The lowest BCUT2D eigenvalue weighted by atomic mass is 10.0. The summed E-state index contributed by atoms with van der Waals surface area (Å²) < 4.78 is 32.7. The highest BCUT2D eigenvalue weighted by Gasteiger charge is 2.30. The maximum absolute atomic E-state index is 14.5. The third-order valence-electron chi connectivity index (χ3n) is 6.06. The number of nitrogens with one attached hydrogen (secondary N) is 1. The Bertz CT molecular complexity index is 1200. The topological polar surface area (TPSA) is 117 Å². The number of likely N-dealkylation sites (N-methyl/N-ethyl adjacent to an activating group) is 1. The van der Waals surface area contributed by atoms with Gasteiger partial charge in [-0.15, -0.1) is 0 Å². The summed E-state index contributed by atoms with van der Waals surface area (Å²) in [4.78, 5) is 29.7. The number of nitrogens with zero attached hydrogens (tertiary/aromatic N) is 2. The first-order valence-electron chi connectivity index (χ1n) is 12.2. The van der Waals surface area contributed by atoms with Gasteiger partial charge in [0.1, 0.15) is 11.9 Å². The molecule has 2 atom stereocenters. The smallest absolute Gasteiger partial charge is 0.412 e. The highest BCUT2D eigenvalue weighted by molar-refractivity contribution is 6.31. The maximum Gasteiger partial charge on any atom is 0.412 e. The molecular weight excluding hydrogens is 518 g/mol. The SMILES string of the molecule is CC1CC1.CN(CCCC1OC(=O)Nc2ccc(Cl)c(F)c21)C(=O)C(/C=N/C(O)c1ccc(F)cc1)=C/N. The van der Waals surface area contributed by atoms with Crippen molar-refractivity contribution < 1.29 is 28.2 Å². The molecule has 0 spiro atoms.